The molecule has 0 radical (unpaired) electrons. The summed E-state index contributed by atoms with van der Waals surface area (Å²) in [4.78, 5) is 17.0. The maximum absolute atomic E-state index is 12.4. The van der Waals surface area contributed by atoms with Crippen molar-refractivity contribution in [2.24, 2.45) is 0 Å². The lowest BCUT2D eigenvalue weighted by Crippen LogP contribution is -2.41. The Morgan fingerprint density at radius 1 is 1.10 bits per heavy atom. The van der Waals surface area contributed by atoms with Gasteiger partial charge in [-0.2, -0.15) is 0 Å². The van der Waals surface area contributed by atoms with Crippen LogP contribution in [0.4, 0.5) is 0 Å². The van der Waals surface area contributed by atoms with Crippen LogP contribution in [0.1, 0.15) is 31.2 Å². The van der Waals surface area contributed by atoms with Crippen LogP contribution in [0.2, 0.25) is 5.02 Å². The highest BCUT2D eigenvalue weighted by Crippen LogP contribution is 2.21. The van der Waals surface area contributed by atoms with Crippen LogP contribution in [0, 0.1) is 0 Å². The Bertz CT molecular complexity index is 482. The summed E-state index contributed by atoms with van der Waals surface area (Å²) in [5.41, 5.74) is 1.05. The molecule has 4 heteroatoms. The summed E-state index contributed by atoms with van der Waals surface area (Å²) in [6.45, 7) is 4.24. The topological polar surface area (TPSA) is 23.6 Å². The highest BCUT2D eigenvalue weighted by atomic mass is 35.5. The number of likely N-dealkylation sites (tertiary alicyclic amines) is 2. The van der Waals surface area contributed by atoms with E-state index in [4.69, 9.17) is 11.6 Å². The maximum Gasteiger partial charge on any atom is 0.227 e. The van der Waals surface area contributed by atoms with Crippen LogP contribution in [0.15, 0.2) is 24.3 Å². The minimum Gasteiger partial charge on any atom is -0.341 e. The standard InChI is InChI=1S/C17H23ClN2O/c18-15-6-4-14(5-7-15)12-17(21)20-11-8-16(13-20)19-9-2-1-3-10-19/h4-7,16H,1-3,8-13H2. The van der Waals surface area contributed by atoms with E-state index in [0.717, 1.165) is 30.1 Å². The Morgan fingerprint density at radius 2 is 1.81 bits per heavy atom. The van der Waals surface area contributed by atoms with E-state index in [1.165, 1.54) is 32.4 Å². The number of rotatable bonds is 3. The van der Waals surface area contributed by atoms with Gasteiger partial charge < -0.3 is 4.90 Å². The van der Waals surface area contributed by atoms with Crippen molar-refractivity contribution in [3.05, 3.63) is 34.9 Å². The highest BCUT2D eigenvalue weighted by Gasteiger charge is 2.30. The van der Waals surface area contributed by atoms with Crippen molar-refractivity contribution in [3.8, 4) is 0 Å². The van der Waals surface area contributed by atoms with E-state index in [0.29, 0.717) is 12.5 Å². The zero-order chi connectivity index (χ0) is 14.7. The second kappa shape index (κ2) is 6.80. The van der Waals surface area contributed by atoms with Crippen molar-refractivity contribution in [3.63, 3.8) is 0 Å². The van der Waals surface area contributed by atoms with Crippen molar-refractivity contribution in [1.82, 2.24) is 9.80 Å². The molecule has 0 saturated carbocycles. The monoisotopic (exact) mass is 306 g/mol. The maximum atomic E-state index is 12.4. The SMILES string of the molecule is O=C(Cc1ccc(Cl)cc1)N1CCC(N2CCCCC2)C1. The van der Waals surface area contributed by atoms with Gasteiger partial charge in [-0.15, -0.1) is 0 Å². The van der Waals surface area contributed by atoms with Crippen molar-refractivity contribution in [1.29, 1.82) is 0 Å². The molecule has 2 aliphatic heterocycles. The summed E-state index contributed by atoms with van der Waals surface area (Å²) >= 11 is 5.88. The molecule has 3 nitrogen and oxygen atoms in total. The quantitative estimate of drug-likeness (QED) is 0.857. The molecule has 1 amide bonds. The third-order valence-electron chi connectivity index (χ3n) is 4.69. The lowest BCUT2D eigenvalue weighted by molar-refractivity contribution is -0.129. The molecule has 21 heavy (non-hydrogen) atoms. The molecule has 3 rings (SSSR count). The number of halogens is 1. The predicted molar refractivity (Wildman–Crippen MR) is 85.6 cm³/mol. The summed E-state index contributed by atoms with van der Waals surface area (Å²) in [6.07, 6.45) is 5.61. The Labute approximate surface area is 131 Å². The molecule has 2 fully saturated rings. The van der Waals surface area contributed by atoms with Crippen LogP contribution in [0.25, 0.3) is 0 Å². The second-order valence-electron chi connectivity index (χ2n) is 6.18. The van der Waals surface area contributed by atoms with Gasteiger partial charge >= 0.3 is 0 Å². The van der Waals surface area contributed by atoms with Gasteiger partial charge in [0.25, 0.3) is 0 Å². The minimum atomic E-state index is 0.247. The van der Waals surface area contributed by atoms with Gasteiger partial charge in [0.05, 0.1) is 6.42 Å². The Balaban J connectivity index is 1.53. The third kappa shape index (κ3) is 3.78. The summed E-state index contributed by atoms with van der Waals surface area (Å²) in [7, 11) is 0. The van der Waals surface area contributed by atoms with Gasteiger partial charge in [0.1, 0.15) is 0 Å². The number of benzene rings is 1. The molecular weight excluding hydrogens is 284 g/mol. The average molecular weight is 307 g/mol. The fourth-order valence-corrected chi connectivity index (χ4v) is 3.56. The molecule has 2 heterocycles. The zero-order valence-electron chi connectivity index (χ0n) is 12.4. The number of hydrogen-bond donors (Lipinski definition) is 0. The molecule has 0 N–H and O–H groups in total. The summed E-state index contributed by atoms with van der Waals surface area (Å²) in [5.74, 6) is 0.247. The van der Waals surface area contributed by atoms with Crippen LogP contribution in [0.3, 0.4) is 0 Å². The van der Waals surface area contributed by atoms with Gasteiger partial charge in [0, 0.05) is 24.2 Å². The summed E-state index contributed by atoms with van der Waals surface area (Å²) in [5, 5.41) is 0.720. The lowest BCUT2D eigenvalue weighted by atomic mass is 10.1. The third-order valence-corrected chi connectivity index (χ3v) is 4.94. The first kappa shape index (κ1) is 14.9. The minimum absolute atomic E-state index is 0.247. The normalized spacial score (nSPS) is 23.5. The fraction of sp³-hybridized carbons (Fsp3) is 0.588. The van der Waals surface area contributed by atoms with Gasteiger partial charge in [-0.25, -0.2) is 0 Å². The summed E-state index contributed by atoms with van der Waals surface area (Å²) < 4.78 is 0. The van der Waals surface area contributed by atoms with Gasteiger partial charge in [-0.1, -0.05) is 30.2 Å². The van der Waals surface area contributed by atoms with Gasteiger partial charge in [0.2, 0.25) is 5.91 Å². The first-order valence-electron chi connectivity index (χ1n) is 7.98. The van der Waals surface area contributed by atoms with Gasteiger partial charge in [-0.3, -0.25) is 9.69 Å². The van der Waals surface area contributed by atoms with E-state index in [1.807, 2.05) is 29.2 Å². The molecule has 1 aromatic carbocycles. The molecular formula is C17H23ClN2O. The molecule has 0 aliphatic carbocycles. The molecule has 1 unspecified atom stereocenters. The van der Waals surface area contributed by atoms with E-state index in [9.17, 15) is 4.79 Å². The second-order valence-corrected chi connectivity index (χ2v) is 6.62. The number of carbonyl (C=O) groups is 1. The van der Waals surface area contributed by atoms with Gasteiger partial charge in [0.15, 0.2) is 0 Å². The van der Waals surface area contributed by atoms with Crippen molar-refractivity contribution >= 4 is 17.5 Å². The Hall–Kier alpha value is -1.06. The molecule has 2 saturated heterocycles. The molecule has 1 aromatic rings. The fourth-order valence-electron chi connectivity index (χ4n) is 3.44. The predicted octanol–water partition coefficient (Wildman–Crippen LogP) is 2.97. The average Bonchev–Trinajstić information content (AvgIpc) is 3.00. The Kier molecular flexibility index (Phi) is 4.81. The van der Waals surface area contributed by atoms with Crippen LogP contribution in [0.5, 0.6) is 0 Å². The smallest absolute Gasteiger partial charge is 0.227 e. The molecule has 0 bridgehead atoms. The molecule has 0 aromatic heterocycles. The number of hydrogen-bond acceptors (Lipinski definition) is 2. The van der Waals surface area contributed by atoms with Crippen molar-refractivity contribution < 1.29 is 4.79 Å². The number of nitrogens with zero attached hydrogens (tertiary/aromatic N) is 2. The van der Waals surface area contributed by atoms with E-state index in [1.54, 1.807) is 0 Å². The summed E-state index contributed by atoms with van der Waals surface area (Å²) in [6, 6.07) is 8.17. The van der Waals surface area contributed by atoms with Crippen molar-refractivity contribution in [2.75, 3.05) is 26.2 Å². The molecule has 114 valence electrons. The zero-order valence-corrected chi connectivity index (χ0v) is 13.2. The van der Waals surface area contributed by atoms with Crippen LogP contribution in [-0.2, 0) is 11.2 Å². The van der Waals surface area contributed by atoms with E-state index >= 15 is 0 Å². The van der Waals surface area contributed by atoms with Crippen molar-refractivity contribution in [2.45, 2.75) is 38.1 Å². The molecule has 0 spiro atoms. The van der Waals surface area contributed by atoms with Crippen LogP contribution in [-0.4, -0.2) is 47.9 Å². The number of carbonyl (C=O) groups excluding carboxylic acids is 1. The number of amides is 1. The number of piperidine rings is 1. The lowest BCUT2D eigenvalue weighted by Gasteiger charge is -2.32. The van der Waals surface area contributed by atoms with E-state index in [2.05, 4.69) is 4.90 Å². The van der Waals surface area contributed by atoms with Crippen LogP contribution >= 0.6 is 11.6 Å². The largest absolute Gasteiger partial charge is 0.341 e. The Morgan fingerprint density at radius 3 is 2.52 bits per heavy atom. The molecule has 1 atom stereocenters. The highest BCUT2D eigenvalue weighted by molar-refractivity contribution is 6.30. The van der Waals surface area contributed by atoms with E-state index in [-0.39, 0.29) is 5.91 Å². The molecule has 2 aliphatic rings. The van der Waals surface area contributed by atoms with Crippen LogP contribution < -0.4 is 0 Å². The first-order valence-corrected chi connectivity index (χ1v) is 8.36. The first-order chi connectivity index (χ1) is 10.2. The van der Waals surface area contributed by atoms with Gasteiger partial charge in [-0.05, 0) is 50.0 Å². The van der Waals surface area contributed by atoms with E-state index < -0.39 is 0 Å².